The van der Waals surface area contributed by atoms with Gasteiger partial charge in [-0.05, 0) is 44.1 Å². The van der Waals surface area contributed by atoms with E-state index in [0.29, 0.717) is 29.5 Å². The van der Waals surface area contributed by atoms with Crippen LogP contribution in [0.3, 0.4) is 0 Å². The first-order chi connectivity index (χ1) is 12.1. The van der Waals surface area contributed by atoms with Crippen molar-refractivity contribution in [2.75, 3.05) is 20.4 Å². The van der Waals surface area contributed by atoms with E-state index in [9.17, 15) is 4.57 Å². The van der Waals surface area contributed by atoms with E-state index < -0.39 is 8.03 Å². The number of ether oxygens (including phenoxy) is 2. The molecule has 1 saturated carbocycles. The monoisotopic (exact) mass is 364 g/mol. The largest absolute Gasteiger partial charge is 0.493 e. The first kappa shape index (κ1) is 18.2. The van der Waals surface area contributed by atoms with Gasteiger partial charge in [0.2, 0.25) is 0 Å². The maximum atomic E-state index is 10.9. The summed E-state index contributed by atoms with van der Waals surface area (Å²) in [5.74, 6) is 2.31. The summed E-state index contributed by atoms with van der Waals surface area (Å²) in [6.45, 7) is 0. The van der Waals surface area contributed by atoms with Gasteiger partial charge in [-0.3, -0.25) is 4.57 Å². The van der Waals surface area contributed by atoms with Gasteiger partial charge in [0.05, 0.1) is 25.4 Å². The molecule has 0 amide bonds. The van der Waals surface area contributed by atoms with E-state index in [2.05, 4.69) is 9.97 Å². The maximum Gasteiger partial charge on any atom is 0.189 e. The summed E-state index contributed by atoms with van der Waals surface area (Å²) in [5, 5.41) is 1.02. The lowest BCUT2D eigenvalue weighted by molar-refractivity contribution is 0.315. The van der Waals surface area contributed by atoms with Crippen molar-refractivity contribution in [3.63, 3.8) is 0 Å². The van der Waals surface area contributed by atoms with Crippen LogP contribution in [-0.2, 0) is 4.57 Å². The molecule has 7 heteroatoms. The highest BCUT2D eigenvalue weighted by atomic mass is 31.1. The third-order valence-corrected chi connectivity index (χ3v) is 5.89. The Bertz CT molecular complexity index is 760. The molecule has 25 heavy (non-hydrogen) atoms. The maximum absolute atomic E-state index is 10.9. The van der Waals surface area contributed by atoms with Crippen molar-refractivity contribution < 1.29 is 18.9 Å². The highest BCUT2D eigenvalue weighted by Gasteiger charge is 2.25. The Kier molecular flexibility index (Phi) is 5.92. The normalized spacial score (nSPS) is 21.9. The third kappa shape index (κ3) is 4.13. The van der Waals surface area contributed by atoms with Crippen LogP contribution in [0.2, 0.25) is 0 Å². The minimum Gasteiger partial charge on any atom is -0.493 e. The Balaban J connectivity index is 1.81. The fourth-order valence-electron chi connectivity index (χ4n) is 3.78. The Hall–Kier alpha value is -1.65. The van der Waals surface area contributed by atoms with Crippen molar-refractivity contribution in [2.24, 2.45) is 5.92 Å². The van der Waals surface area contributed by atoms with Crippen molar-refractivity contribution in [1.29, 1.82) is 0 Å². The van der Waals surface area contributed by atoms with Crippen molar-refractivity contribution >= 4 is 18.9 Å². The van der Waals surface area contributed by atoms with Gasteiger partial charge < -0.3 is 14.4 Å². The predicted molar refractivity (Wildman–Crippen MR) is 98.0 cm³/mol. The van der Waals surface area contributed by atoms with Crippen LogP contribution in [0.5, 0.6) is 11.5 Å². The molecule has 0 aliphatic heterocycles. The van der Waals surface area contributed by atoms with E-state index in [1.54, 1.807) is 20.5 Å². The molecule has 1 heterocycles. The Morgan fingerprint density at radius 2 is 1.80 bits per heavy atom. The molecule has 0 radical (unpaired) electrons. The molecule has 1 unspecified atom stereocenters. The summed E-state index contributed by atoms with van der Waals surface area (Å²) < 4.78 is 21.7. The molecule has 1 aliphatic rings. The molecular weight excluding hydrogens is 339 g/mol. The topological polar surface area (TPSA) is 81.5 Å². The van der Waals surface area contributed by atoms with Crippen LogP contribution in [0.25, 0.3) is 10.9 Å². The highest BCUT2D eigenvalue weighted by molar-refractivity contribution is 7.37. The standard InChI is InChI=1S/C18H25N2O4P/c1-23-16-9-14-15(10-17(16)24-2)19-11-20-18(14)13-5-3-12(4-6-13)7-8-25(21)22/h9-13,25H,3-8H2,1-2H3,(H,21,22). The summed E-state index contributed by atoms with van der Waals surface area (Å²) in [5.41, 5.74) is 1.93. The lowest BCUT2D eigenvalue weighted by Crippen LogP contribution is -2.15. The number of hydrogen-bond acceptors (Lipinski definition) is 5. The van der Waals surface area contributed by atoms with Crippen LogP contribution in [0.1, 0.15) is 43.7 Å². The molecule has 1 N–H and O–H groups in total. The van der Waals surface area contributed by atoms with Crippen LogP contribution < -0.4 is 9.47 Å². The first-order valence-corrected chi connectivity index (χ1v) is 10.3. The molecule has 1 aromatic heterocycles. The van der Waals surface area contributed by atoms with Gasteiger partial charge in [-0.2, -0.15) is 0 Å². The number of nitrogens with zero attached hydrogens (tertiary/aromatic N) is 2. The molecule has 1 atom stereocenters. The number of aromatic nitrogens is 2. The second-order valence-corrected chi connectivity index (χ2v) is 7.92. The average molecular weight is 364 g/mol. The van der Waals surface area contributed by atoms with E-state index in [1.165, 1.54) is 0 Å². The SMILES string of the molecule is COc1cc2ncnc(C3CCC(CC[PH](=O)O)CC3)c2cc1OC. The van der Waals surface area contributed by atoms with E-state index >= 15 is 0 Å². The minimum absolute atomic E-state index is 0.394. The molecular formula is C18H25N2O4P. The molecule has 0 spiro atoms. The Morgan fingerprint density at radius 3 is 2.44 bits per heavy atom. The molecule has 2 aromatic rings. The molecule has 0 saturated heterocycles. The summed E-state index contributed by atoms with van der Waals surface area (Å²) in [4.78, 5) is 18.0. The Morgan fingerprint density at radius 1 is 1.12 bits per heavy atom. The molecule has 1 aromatic carbocycles. The van der Waals surface area contributed by atoms with Gasteiger partial charge in [-0.15, -0.1) is 0 Å². The highest BCUT2D eigenvalue weighted by Crippen LogP contribution is 2.41. The lowest BCUT2D eigenvalue weighted by Gasteiger charge is -2.28. The van der Waals surface area contributed by atoms with Gasteiger partial charge in [-0.25, -0.2) is 9.97 Å². The number of methoxy groups -OCH3 is 2. The van der Waals surface area contributed by atoms with Crippen LogP contribution in [-0.4, -0.2) is 35.2 Å². The molecule has 1 fully saturated rings. The second-order valence-electron chi connectivity index (χ2n) is 6.63. The Labute approximate surface area is 148 Å². The van der Waals surface area contributed by atoms with Crippen molar-refractivity contribution in [1.82, 2.24) is 9.97 Å². The van der Waals surface area contributed by atoms with Crippen molar-refractivity contribution in [3.05, 3.63) is 24.2 Å². The fraction of sp³-hybridized carbons (Fsp3) is 0.556. The fourth-order valence-corrected chi connectivity index (χ4v) is 4.44. The van der Waals surface area contributed by atoms with Gasteiger partial charge in [0, 0.05) is 23.5 Å². The molecule has 136 valence electrons. The number of fused-ring (bicyclic) bond motifs is 1. The minimum atomic E-state index is -2.34. The quantitative estimate of drug-likeness (QED) is 0.786. The van der Waals surface area contributed by atoms with Crippen LogP contribution in [0, 0.1) is 5.92 Å². The number of hydrogen-bond donors (Lipinski definition) is 1. The van der Waals surface area contributed by atoms with Gasteiger partial charge >= 0.3 is 0 Å². The summed E-state index contributed by atoms with van der Waals surface area (Å²) in [6, 6.07) is 3.86. The van der Waals surface area contributed by atoms with Gasteiger partial charge in [0.25, 0.3) is 0 Å². The zero-order valence-corrected chi connectivity index (χ0v) is 15.7. The summed E-state index contributed by atoms with van der Waals surface area (Å²) in [6.07, 6.45) is 7.20. The zero-order valence-electron chi connectivity index (χ0n) is 14.7. The van der Waals surface area contributed by atoms with Crippen molar-refractivity contribution in [3.8, 4) is 11.5 Å². The average Bonchev–Trinajstić information content (AvgIpc) is 2.65. The van der Waals surface area contributed by atoms with E-state index in [0.717, 1.165) is 48.7 Å². The first-order valence-electron chi connectivity index (χ1n) is 8.70. The predicted octanol–water partition coefficient (Wildman–Crippen LogP) is 3.78. The van der Waals surface area contributed by atoms with E-state index in [1.807, 2.05) is 12.1 Å². The number of benzene rings is 1. The third-order valence-electron chi connectivity index (χ3n) is 5.17. The lowest BCUT2D eigenvalue weighted by atomic mass is 9.78. The summed E-state index contributed by atoms with van der Waals surface area (Å²) >= 11 is 0. The molecule has 1 aliphatic carbocycles. The van der Waals surface area contributed by atoms with E-state index in [-0.39, 0.29) is 0 Å². The molecule has 6 nitrogen and oxygen atoms in total. The van der Waals surface area contributed by atoms with Crippen LogP contribution in [0.15, 0.2) is 18.5 Å². The van der Waals surface area contributed by atoms with Gasteiger partial charge in [-0.1, -0.05) is 0 Å². The smallest absolute Gasteiger partial charge is 0.189 e. The van der Waals surface area contributed by atoms with Gasteiger partial charge in [0.15, 0.2) is 19.5 Å². The molecule has 3 rings (SSSR count). The zero-order chi connectivity index (χ0) is 17.8. The van der Waals surface area contributed by atoms with Crippen LogP contribution in [0.4, 0.5) is 0 Å². The van der Waals surface area contributed by atoms with Crippen molar-refractivity contribution in [2.45, 2.75) is 38.0 Å². The van der Waals surface area contributed by atoms with Crippen LogP contribution >= 0.6 is 8.03 Å². The number of rotatable bonds is 6. The molecule has 0 bridgehead atoms. The summed E-state index contributed by atoms with van der Waals surface area (Å²) in [7, 11) is 0.912. The second kappa shape index (κ2) is 8.15. The van der Waals surface area contributed by atoms with E-state index in [4.69, 9.17) is 14.4 Å². The van der Waals surface area contributed by atoms with Gasteiger partial charge in [0.1, 0.15) is 6.33 Å².